The van der Waals surface area contributed by atoms with Crippen LogP contribution in [0, 0.1) is 10.1 Å². The number of fused-ring (bicyclic) bond motifs is 1. The summed E-state index contributed by atoms with van der Waals surface area (Å²) in [5, 5.41) is 15.1. The SMILES string of the molecule is CCC(C(=O)OC)N1c2cccc([N+](=O)[O-])c2CN1c1ccc(Br)cc1. The summed E-state index contributed by atoms with van der Waals surface area (Å²) in [4.78, 5) is 23.4. The van der Waals surface area contributed by atoms with E-state index in [1.165, 1.54) is 13.2 Å². The molecule has 2 aromatic carbocycles. The molecule has 0 aromatic heterocycles. The van der Waals surface area contributed by atoms with Crippen molar-refractivity contribution >= 4 is 39.0 Å². The van der Waals surface area contributed by atoms with Crippen molar-refractivity contribution in [3.8, 4) is 0 Å². The zero-order valence-corrected chi connectivity index (χ0v) is 16.0. The number of esters is 1. The van der Waals surface area contributed by atoms with Crippen LogP contribution in [0.5, 0.6) is 0 Å². The standard InChI is InChI=1S/C18H18BrN3O4/c1-3-15(18(23)26-2)21-16-5-4-6-17(22(24)25)14(16)11-20(21)13-9-7-12(19)8-10-13/h4-10,15H,3,11H2,1-2H3. The van der Waals surface area contributed by atoms with Crippen molar-refractivity contribution in [3.05, 3.63) is 62.6 Å². The van der Waals surface area contributed by atoms with Crippen molar-refractivity contribution in [2.75, 3.05) is 17.1 Å². The van der Waals surface area contributed by atoms with Gasteiger partial charge in [0.05, 0.1) is 35.5 Å². The number of ether oxygens (including phenoxy) is 1. The molecule has 0 saturated heterocycles. The average Bonchev–Trinajstić information content (AvgIpc) is 3.02. The van der Waals surface area contributed by atoms with Crippen LogP contribution in [0.4, 0.5) is 17.1 Å². The number of carbonyl (C=O) groups is 1. The maximum absolute atomic E-state index is 12.4. The highest BCUT2D eigenvalue weighted by molar-refractivity contribution is 9.10. The first-order valence-corrected chi connectivity index (χ1v) is 8.93. The molecule has 0 radical (unpaired) electrons. The van der Waals surface area contributed by atoms with Crippen LogP contribution in [0.1, 0.15) is 18.9 Å². The molecular formula is C18H18BrN3O4. The first kappa shape index (κ1) is 18.2. The maximum Gasteiger partial charge on any atom is 0.330 e. The zero-order valence-electron chi connectivity index (χ0n) is 14.4. The van der Waals surface area contributed by atoms with Crippen molar-refractivity contribution < 1.29 is 14.5 Å². The second-order valence-electron chi connectivity index (χ2n) is 5.86. The Balaban J connectivity index is 2.14. The number of anilines is 2. The lowest BCUT2D eigenvalue weighted by atomic mass is 10.1. The van der Waals surface area contributed by atoms with Gasteiger partial charge in [0.2, 0.25) is 0 Å². The Kier molecular flexibility index (Phi) is 5.13. The predicted octanol–water partition coefficient (Wildman–Crippen LogP) is 4.05. The van der Waals surface area contributed by atoms with Crippen molar-refractivity contribution in [1.29, 1.82) is 0 Å². The van der Waals surface area contributed by atoms with E-state index in [0.717, 1.165) is 10.2 Å². The predicted molar refractivity (Wildman–Crippen MR) is 102 cm³/mol. The molecule has 0 saturated carbocycles. The minimum Gasteiger partial charge on any atom is -0.467 e. The average molecular weight is 420 g/mol. The fraction of sp³-hybridized carbons (Fsp3) is 0.278. The number of nitro groups is 1. The molecule has 1 heterocycles. The molecule has 1 aliphatic heterocycles. The van der Waals surface area contributed by atoms with Gasteiger partial charge in [0.15, 0.2) is 0 Å². The number of rotatable bonds is 5. The van der Waals surface area contributed by atoms with Crippen LogP contribution < -0.4 is 10.0 Å². The Bertz CT molecular complexity index is 841. The summed E-state index contributed by atoms with van der Waals surface area (Å²) in [5.41, 5.74) is 2.12. The highest BCUT2D eigenvalue weighted by Crippen LogP contribution is 2.41. The first-order valence-electron chi connectivity index (χ1n) is 8.14. The number of hydrogen-bond acceptors (Lipinski definition) is 6. The molecular weight excluding hydrogens is 402 g/mol. The van der Waals surface area contributed by atoms with Crippen LogP contribution in [0.15, 0.2) is 46.9 Å². The summed E-state index contributed by atoms with van der Waals surface area (Å²) in [6.07, 6.45) is 0.502. The fourth-order valence-corrected chi connectivity index (χ4v) is 3.47. The summed E-state index contributed by atoms with van der Waals surface area (Å²) in [7, 11) is 1.35. The molecule has 1 atom stereocenters. The van der Waals surface area contributed by atoms with Crippen molar-refractivity contribution in [2.45, 2.75) is 25.9 Å². The number of nitro benzene ring substituents is 1. The van der Waals surface area contributed by atoms with Crippen LogP contribution in [-0.2, 0) is 16.1 Å². The summed E-state index contributed by atoms with van der Waals surface area (Å²) in [6.45, 7) is 2.19. The number of hydrazine groups is 1. The number of hydrogen-bond donors (Lipinski definition) is 0. The largest absolute Gasteiger partial charge is 0.467 e. The maximum atomic E-state index is 12.4. The van der Waals surface area contributed by atoms with Gasteiger partial charge in [-0.3, -0.25) is 20.1 Å². The Morgan fingerprint density at radius 2 is 2.00 bits per heavy atom. The summed E-state index contributed by atoms with van der Waals surface area (Å²) >= 11 is 3.41. The van der Waals surface area contributed by atoms with E-state index < -0.39 is 6.04 Å². The molecule has 136 valence electrons. The van der Waals surface area contributed by atoms with Crippen molar-refractivity contribution in [3.63, 3.8) is 0 Å². The molecule has 1 unspecified atom stereocenters. The minimum atomic E-state index is -0.577. The molecule has 2 aromatic rings. The molecule has 0 bridgehead atoms. The highest BCUT2D eigenvalue weighted by atomic mass is 79.9. The number of methoxy groups -OCH3 is 1. The molecule has 0 spiro atoms. The molecule has 0 N–H and O–H groups in total. The van der Waals surface area contributed by atoms with E-state index in [1.807, 2.05) is 36.2 Å². The number of benzene rings is 2. The fourth-order valence-electron chi connectivity index (χ4n) is 3.21. The molecule has 7 nitrogen and oxygen atoms in total. The molecule has 8 heteroatoms. The summed E-state index contributed by atoms with van der Waals surface area (Å²) in [5.74, 6) is -0.381. The van der Waals surface area contributed by atoms with Crippen LogP contribution >= 0.6 is 15.9 Å². The number of nitrogens with zero attached hydrogens (tertiary/aromatic N) is 3. The van der Waals surface area contributed by atoms with Crippen molar-refractivity contribution in [2.24, 2.45) is 0 Å². The molecule has 0 aliphatic carbocycles. The third kappa shape index (κ3) is 3.12. The molecule has 3 rings (SSSR count). The van der Waals surface area contributed by atoms with E-state index in [2.05, 4.69) is 15.9 Å². The topological polar surface area (TPSA) is 75.9 Å². The van der Waals surface area contributed by atoms with Crippen LogP contribution in [0.25, 0.3) is 0 Å². The number of carbonyl (C=O) groups excluding carboxylic acids is 1. The second-order valence-corrected chi connectivity index (χ2v) is 6.77. The van der Waals surface area contributed by atoms with Gasteiger partial charge in [0.25, 0.3) is 5.69 Å². The quantitative estimate of drug-likeness (QED) is 0.413. The lowest BCUT2D eigenvalue weighted by molar-refractivity contribution is -0.385. The monoisotopic (exact) mass is 419 g/mol. The highest BCUT2D eigenvalue weighted by Gasteiger charge is 2.39. The lowest BCUT2D eigenvalue weighted by Crippen LogP contribution is -2.49. The van der Waals surface area contributed by atoms with Gasteiger partial charge < -0.3 is 4.74 Å². The smallest absolute Gasteiger partial charge is 0.330 e. The van der Waals surface area contributed by atoms with Gasteiger partial charge in [-0.1, -0.05) is 28.9 Å². The van der Waals surface area contributed by atoms with E-state index in [4.69, 9.17) is 4.74 Å². The normalized spacial score (nSPS) is 14.1. The Labute approximate surface area is 159 Å². The molecule has 0 amide bonds. The van der Waals surface area contributed by atoms with Gasteiger partial charge in [0, 0.05) is 10.5 Å². The van der Waals surface area contributed by atoms with Crippen LogP contribution in [-0.4, -0.2) is 24.0 Å². The first-order chi connectivity index (χ1) is 12.5. The Morgan fingerprint density at radius 3 is 2.58 bits per heavy atom. The van der Waals surface area contributed by atoms with E-state index >= 15 is 0 Å². The Morgan fingerprint density at radius 1 is 1.31 bits per heavy atom. The summed E-state index contributed by atoms with van der Waals surface area (Å²) in [6, 6.07) is 11.9. The van der Waals surface area contributed by atoms with Crippen LogP contribution in [0.2, 0.25) is 0 Å². The van der Waals surface area contributed by atoms with Gasteiger partial charge in [-0.25, -0.2) is 4.79 Å². The third-order valence-corrected chi connectivity index (χ3v) is 4.95. The third-order valence-electron chi connectivity index (χ3n) is 4.42. The van der Waals surface area contributed by atoms with Gasteiger partial charge in [0.1, 0.15) is 6.04 Å². The van der Waals surface area contributed by atoms with Gasteiger partial charge in [-0.05, 0) is 36.8 Å². The summed E-state index contributed by atoms with van der Waals surface area (Å²) < 4.78 is 5.89. The lowest BCUT2D eigenvalue weighted by Gasteiger charge is -2.36. The second kappa shape index (κ2) is 7.33. The van der Waals surface area contributed by atoms with E-state index in [0.29, 0.717) is 24.2 Å². The van der Waals surface area contributed by atoms with Crippen LogP contribution in [0.3, 0.4) is 0 Å². The number of halogens is 1. The van der Waals surface area contributed by atoms with Gasteiger partial charge in [-0.15, -0.1) is 0 Å². The molecule has 1 aliphatic rings. The minimum absolute atomic E-state index is 0.0480. The molecule has 26 heavy (non-hydrogen) atoms. The Hall–Kier alpha value is -2.61. The van der Waals surface area contributed by atoms with E-state index in [1.54, 1.807) is 17.1 Å². The van der Waals surface area contributed by atoms with Crippen molar-refractivity contribution in [1.82, 2.24) is 0 Å². The van der Waals surface area contributed by atoms with E-state index in [9.17, 15) is 14.9 Å². The van der Waals surface area contributed by atoms with E-state index in [-0.39, 0.29) is 16.6 Å². The van der Waals surface area contributed by atoms with Gasteiger partial charge >= 0.3 is 5.97 Å². The van der Waals surface area contributed by atoms with Gasteiger partial charge in [-0.2, -0.15) is 0 Å². The molecule has 0 fully saturated rings. The zero-order chi connectivity index (χ0) is 18.8.